The van der Waals surface area contributed by atoms with Gasteiger partial charge in [-0.05, 0) is 25.7 Å². The standard InChI is InChI=1S/C16H30N4O/c1-19(14-5-6-14)15(17)18-13-16(7-3-2-4-8-16)20-9-11-21-12-10-20/h14H,2-13H2,1H3,(H2,17,18). The summed E-state index contributed by atoms with van der Waals surface area (Å²) in [6, 6.07) is 0.638. The Morgan fingerprint density at radius 3 is 2.52 bits per heavy atom. The van der Waals surface area contributed by atoms with Gasteiger partial charge in [0, 0.05) is 31.7 Å². The molecule has 3 rings (SSSR count). The van der Waals surface area contributed by atoms with Gasteiger partial charge in [0.15, 0.2) is 5.96 Å². The van der Waals surface area contributed by atoms with E-state index in [4.69, 9.17) is 15.5 Å². The number of morpholine rings is 1. The van der Waals surface area contributed by atoms with E-state index in [1.54, 1.807) is 0 Å². The van der Waals surface area contributed by atoms with Crippen LogP contribution in [-0.4, -0.2) is 67.2 Å². The lowest BCUT2D eigenvalue weighted by atomic mass is 9.80. The Balaban J connectivity index is 1.67. The molecule has 3 aliphatic rings. The van der Waals surface area contributed by atoms with E-state index in [2.05, 4.69) is 16.8 Å². The van der Waals surface area contributed by atoms with Crippen molar-refractivity contribution in [1.82, 2.24) is 9.80 Å². The van der Waals surface area contributed by atoms with E-state index in [0.29, 0.717) is 6.04 Å². The van der Waals surface area contributed by atoms with Crippen molar-refractivity contribution in [2.45, 2.75) is 56.5 Å². The fourth-order valence-corrected chi connectivity index (χ4v) is 3.81. The molecule has 2 N–H and O–H groups in total. The van der Waals surface area contributed by atoms with Crippen molar-refractivity contribution in [2.24, 2.45) is 10.7 Å². The first-order valence-corrected chi connectivity index (χ1v) is 8.57. The van der Waals surface area contributed by atoms with Crippen LogP contribution in [0.25, 0.3) is 0 Å². The highest BCUT2D eigenvalue weighted by molar-refractivity contribution is 5.78. The van der Waals surface area contributed by atoms with Crippen LogP contribution in [0.1, 0.15) is 44.9 Å². The number of rotatable bonds is 4. The van der Waals surface area contributed by atoms with Crippen LogP contribution in [-0.2, 0) is 4.74 Å². The van der Waals surface area contributed by atoms with Gasteiger partial charge in [-0.15, -0.1) is 0 Å². The Morgan fingerprint density at radius 2 is 1.90 bits per heavy atom. The third-order valence-corrected chi connectivity index (χ3v) is 5.46. The zero-order valence-corrected chi connectivity index (χ0v) is 13.4. The summed E-state index contributed by atoms with van der Waals surface area (Å²) in [4.78, 5) is 9.59. The van der Waals surface area contributed by atoms with E-state index < -0.39 is 0 Å². The zero-order valence-electron chi connectivity index (χ0n) is 13.4. The van der Waals surface area contributed by atoms with Gasteiger partial charge >= 0.3 is 0 Å². The Kier molecular flexibility index (Phi) is 4.69. The fraction of sp³-hybridized carbons (Fsp3) is 0.938. The van der Waals surface area contributed by atoms with Gasteiger partial charge in [-0.2, -0.15) is 0 Å². The number of ether oxygens (including phenoxy) is 1. The summed E-state index contributed by atoms with van der Waals surface area (Å²) in [7, 11) is 2.08. The molecule has 0 atom stereocenters. The molecule has 0 aromatic rings. The molecule has 5 heteroatoms. The molecule has 2 aliphatic carbocycles. The van der Waals surface area contributed by atoms with Crippen LogP contribution in [0, 0.1) is 0 Å². The van der Waals surface area contributed by atoms with Crippen molar-refractivity contribution >= 4 is 5.96 Å². The molecule has 0 amide bonds. The molecule has 120 valence electrons. The molecule has 1 aliphatic heterocycles. The van der Waals surface area contributed by atoms with Gasteiger partial charge in [0.05, 0.1) is 19.8 Å². The monoisotopic (exact) mass is 294 g/mol. The third-order valence-electron chi connectivity index (χ3n) is 5.46. The summed E-state index contributed by atoms with van der Waals surface area (Å²) < 4.78 is 5.53. The van der Waals surface area contributed by atoms with Crippen LogP contribution in [0.3, 0.4) is 0 Å². The second-order valence-corrected chi connectivity index (χ2v) is 6.90. The first-order chi connectivity index (χ1) is 10.2. The minimum Gasteiger partial charge on any atom is -0.379 e. The minimum atomic E-state index is 0.233. The van der Waals surface area contributed by atoms with Gasteiger partial charge in [-0.3, -0.25) is 9.89 Å². The topological polar surface area (TPSA) is 54.1 Å². The first kappa shape index (κ1) is 15.1. The smallest absolute Gasteiger partial charge is 0.191 e. The highest BCUT2D eigenvalue weighted by atomic mass is 16.5. The molecule has 2 saturated carbocycles. The van der Waals surface area contributed by atoms with E-state index in [1.807, 2.05) is 0 Å². The molecule has 0 bridgehead atoms. The van der Waals surface area contributed by atoms with Crippen LogP contribution in [0.5, 0.6) is 0 Å². The van der Waals surface area contributed by atoms with Crippen LogP contribution >= 0.6 is 0 Å². The van der Waals surface area contributed by atoms with Crippen LogP contribution in [0.4, 0.5) is 0 Å². The van der Waals surface area contributed by atoms with Gasteiger partial charge in [-0.1, -0.05) is 19.3 Å². The predicted octanol–water partition coefficient (Wildman–Crippen LogP) is 1.43. The van der Waals surface area contributed by atoms with E-state index in [9.17, 15) is 0 Å². The highest BCUT2D eigenvalue weighted by Gasteiger charge is 2.38. The lowest BCUT2D eigenvalue weighted by Crippen LogP contribution is -2.56. The Hall–Kier alpha value is -0.810. The maximum absolute atomic E-state index is 6.20. The normalized spacial score (nSPS) is 27.6. The maximum Gasteiger partial charge on any atom is 0.191 e. The van der Waals surface area contributed by atoms with Crippen molar-refractivity contribution < 1.29 is 4.74 Å². The fourth-order valence-electron chi connectivity index (χ4n) is 3.81. The molecular formula is C16H30N4O. The molecule has 0 unspecified atom stereocenters. The summed E-state index contributed by atoms with van der Waals surface area (Å²) in [5.41, 5.74) is 6.43. The van der Waals surface area contributed by atoms with Crippen molar-refractivity contribution in [3.8, 4) is 0 Å². The minimum absolute atomic E-state index is 0.233. The van der Waals surface area contributed by atoms with Crippen LogP contribution < -0.4 is 5.73 Å². The number of hydrogen-bond acceptors (Lipinski definition) is 3. The molecule has 0 aromatic heterocycles. The number of aliphatic imine (C=N–C) groups is 1. The molecular weight excluding hydrogens is 264 g/mol. The number of nitrogens with two attached hydrogens (primary N) is 1. The van der Waals surface area contributed by atoms with E-state index in [-0.39, 0.29) is 5.54 Å². The lowest BCUT2D eigenvalue weighted by Gasteiger charge is -2.47. The summed E-state index contributed by atoms with van der Waals surface area (Å²) in [5.74, 6) is 0.732. The summed E-state index contributed by atoms with van der Waals surface area (Å²) in [6.45, 7) is 4.68. The second-order valence-electron chi connectivity index (χ2n) is 6.90. The van der Waals surface area contributed by atoms with Crippen molar-refractivity contribution in [2.75, 3.05) is 39.9 Å². The van der Waals surface area contributed by atoms with E-state index >= 15 is 0 Å². The van der Waals surface area contributed by atoms with Gasteiger partial charge in [0.1, 0.15) is 0 Å². The summed E-state index contributed by atoms with van der Waals surface area (Å²) in [5, 5.41) is 0. The molecule has 5 nitrogen and oxygen atoms in total. The van der Waals surface area contributed by atoms with Gasteiger partial charge in [0.2, 0.25) is 0 Å². The average Bonchev–Trinajstić information content (AvgIpc) is 3.38. The first-order valence-electron chi connectivity index (χ1n) is 8.57. The Labute approximate surface area is 128 Å². The van der Waals surface area contributed by atoms with Gasteiger partial charge < -0.3 is 15.4 Å². The molecule has 0 spiro atoms. The van der Waals surface area contributed by atoms with E-state index in [1.165, 1.54) is 44.9 Å². The molecule has 21 heavy (non-hydrogen) atoms. The summed E-state index contributed by atoms with van der Waals surface area (Å²) >= 11 is 0. The highest BCUT2D eigenvalue weighted by Crippen LogP contribution is 2.35. The quantitative estimate of drug-likeness (QED) is 0.629. The van der Waals surface area contributed by atoms with Crippen LogP contribution in [0.2, 0.25) is 0 Å². The molecule has 1 heterocycles. The predicted molar refractivity (Wildman–Crippen MR) is 85.5 cm³/mol. The van der Waals surface area contributed by atoms with Crippen LogP contribution in [0.15, 0.2) is 4.99 Å². The average molecular weight is 294 g/mol. The Morgan fingerprint density at radius 1 is 1.24 bits per heavy atom. The van der Waals surface area contributed by atoms with Crippen molar-refractivity contribution in [3.63, 3.8) is 0 Å². The molecule has 0 radical (unpaired) electrons. The Bertz CT molecular complexity index is 368. The maximum atomic E-state index is 6.20. The lowest BCUT2D eigenvalue weighted by molar-refractivity contribution is -0.0333. The number of hydrogen-bond donors (Lipinski definition) is 1. The molecule has 0 aromatic carbocycles. The molecule has 3 fully saturated rings. The molecule has 1 saturated heterocycles. The second kappa shape index (κ2) is 6.53. The van der Waals surface area contributed by atoms with Crippen molar-refractivity contribution in [1.29, 1.82) is 0 Å². The summed E-state index contributed by atoms with van der Waals surface area (Å²) in [6.07, 6.45) is 9.07. The zero-order chi connectivity index (χ0) is 14.7. The van der Waals surface area contributed by atoms with Gasteiger partial charge in [0.25, 0.3) is 0 Å². The number of guanidine groups is 1. The number of nitrogens with zero attached hydrogens (tertiary/aromatic N) is 3. The third kappa shape index (κ3) is 3.51. The van der Waals surface area contributed by atoms with Crippen molar-refractivity contribution in [3.05, 3.63) is 0 Å². The van der Waals surface area contributed by atoms with E-state index in [0.717, 1.165) is 38.8 Å². The van der Waals surface area contributed by atoms with Gasteiger partial charge in [-0.25, -0.2) is 0 Å². The SMILES string of the molecule is CN(C(N)=NCC1(N2CCOCC2)CCCCC1)C1CC1. The largest absolute Gasteiger partial charge is 0.379 e.